The van der Waals surface area contributed by atoms with E-state index in [4.69, 9.17) is 22.0 Å². The monoisotopic (exact) mass is 557 g/mol. The summed E-state index contributed by atoms with van der Waals surface area (Å²) in [6.45, 7) is 9.34. The van der Waals surface area contributed by atoms with Crippen molar-refractivity contribution in [2.24, 2.45) is 4.99 Å². The summed E-state index contributed by atoms with van der Waals surface area (Å²) in [4.78, 5) is 21.8. The molecular weight excluding hydrogens is 530 g/mol. The maximum absolute atomic E-state index is 13.4. The van der Waals surface area contributed by atoms with Crippen LogP contribution in [0.5, 0.6) is 0 Å². The minimum atomic E-state index is -0.526. The van der Waals surface area contributed by atoms with Crippen LogP contribution in [-0.4, -0.2) is 37.1 Å². The number of benzene rings is 2. The standard InChI is InChI=1S/C29H28ClN7OS/c1-15-16(2)39-29-26(15)27(19-5-8-22(30)9-6-19)33-24(28-35-34-18(4)37(28)29)12-25(38)32-23-10-7-20-13-36(17(3)31)14-21(20)11-23/h5-11,24,31H,12-14H2,1-4H3,(H,32,38)/t24-/m0/s1. The Labute approximate surface area is 235 Å². The first-order valence-corrected chi connectivity index (χ1v) is 14.0. The smallest absolute Gasteiger partial charge is 0.227 e. The van der Waals surface area contributed by atoms with Crippen LogP contribution in [-0.2, 0) is 17.9 Å². The van der Waals surface area contributed by atoms with Crippen LogP contribution in [0, 0.1) is 26.2 Å². The lowest BCUT2D eigenvalue weighted by Gasteiger charge is -2.14. The van der Waals surface area contributed by atoms with Gasteiger partial charge in [-0.1, -0.05) is 29.8 Å². The number of fused-ring (bicyclic) bond motifs is 4. The highest BCUT2D eigenvalue weighted by Crippen LogP contribution is 2.39. The van der Waals surface area contributed by atoms with E-state index >= 15 is 0 Å². The van der Waals surface area contributed by atoms with Gasteiger partial charge >= 0.3 is 0 Å². The Bertz CT molecular complexity index is 1670. The number of anilines is 1. The van der Waals surface area contributed by atoms with Gasteiger partial charge in [0.15, 0.2) is 5.82 Å². The molecule has 4 heterocycles. The molecule has 2 aromatic carbocycles. The van der Waals surface area contributed by atoms with Crippen LogP contribution in [0.25, 0.3) is 5.00 Å². The number of hydrogen-bond acceptors (Lipinski definition) is 6. The number of hydrogen-bond donors (Lipinski definition) is 2. The molecule has 8 nitrogen and oxygen atoms in total. The third kappa shape index (κ3) is 4.55. The molecule has 0 unspecified atom stereocenters. The molecule has 0 spiro atoms. The first kappa shape index (κ1) is 25.5. The van der Waals surface area contributed by atoms with Gasteiger partial charge in [-0.3, -0.25) is 19.8 Å². The van der Waals surface area contributed by atoms with Crippen LogP contribution in [0.4, 0.5) is 5.69 Å². The lowest BCUT2D eigenvalue weighted by molar-refractivity contribution is -0.116. The summed E-state index contributed by atoms with van der Waals surface area (Å²) in [6, 6.07) is 13.1. The van der Waals surface area contributed by atoms with Crippen molar-refractivity contribution in [2.45, 2.75) is 53.2 Å². The molecule has 4 aromatic rings. The number of rotatable bonds is 4. The van der Waals surface area contributed by atoms with Gasteiger partial charge in [0, 0.05) is 39.8 Å². The highest BCUT2D eigenvalue weighted by Gasteiger charge is 2.32. The Morgan fingerprint density at radius 2 is 1.85 bits per heavy atom. The summed E-state index contributed by atoms with van der Waals surface area (Å²) in [5, 5.41) is 21.5. The summed E-state index contributed by atoms with van der Waals surface area (Å²) in [7, 11) is 0. The summed E-state index contributed by atoms with van der Waals surface area (Å²) in [5.41, 5.74) is 7.00. The Balaban J connectivity index is 1.36. The van der Waals surface area contributed by atoms with Gasteiger partial charge in [-0.05, 0) is 68.7 Å². The van der Waals surface area contributed by atoms with Gasteiger partial charge in [-0.15, -0.1) is 21.5 Å². The van der Waals surface area contributed by atoms with Crippen molar-refractivity contribution in [1.29, 1.82) is 5.41 Å². The van der Waals surface area contributed by atoms with E-state index in [1.807, 2.05) is 58.9 Å². The second-order valence-electron chi connectivity index (χ2n) is 10.1. The van der Waals surface area contributed by atoms with Gasteiger partial charge in [0.1, 0.15) is 16.9 Å². The van der Waals surface area contributed by atoms with Gasteiger partial charge in [0.2, 0.25) is 5.91 Å². The zero-order valence-corrected chi connectivity index (χ0v) is 23.7. The summed E-state index contributed by atoms with van der Waals surface area (Å²) in [5.74, 6) is 1.80. The Hall–Kier alpha value is -3.82. The zero-order chi connectivity index (χ0) is 27.4. The van der Waals surface area contributed by atoms with Crippen LogP contribution in [0.15, 0.2) is 47.5 Å². The van der Waals surface area contributed by atoms with Crippen molar-refractivity contribution in [3.05, 3.63) is 91.8 Å². The highest BCUT2D eigenvalue weighted by atomic mass is 35.5. The summed E-state index contributed by atoms with van der Waals surface area (Å²) < 4.78 is 2.05. The number of carbonyl (C=O) groups excluding carboxylic acids is 1. The number of nitrogens with one attached hydrogen (secondary N) is 2. The molecule has 2 aliphatic heterocycles. The van der Waals surface area contributed by atoms with Crippen LogP contribution in [0.2, 0.25) is 5.02 Å². The van der Waals surface area contributed by atoms with Gasteiger partial charge in [0.25, 0.3) is 0 Å². The highest BCUT2D eigenvalue weighted by molar-refractivity contribution is 7.15. The molecule has 2 aromatic heterocycles. The SMILES string of the molecule is CC(=N)N1Cc2ccc(NC(=O)C[C@@H]3N=C(c4ccc(Cl)cc4)c4c(sc(C)c4C)-n4c(C)nnc43)cc2C1. The fourth-order valence-corrected chi connectivity index (χ4v) is 6.57. The average molecular weight is 558 g/mol. The number of aliphatic imine (C=N–C) groups is 1. The predicted molar refractivity (Wildman–Crippen MR) is 156 cm³/mol. The lowest BCUT2D eigenvalue weighted by atomic mass is 9.99. The van der Waals surface area contributed by atoms with Crippen LogP contribution in [0.3, 0.4) is 0 Å². The third-order valence-corrected chi connectivity index (χ3v) is 8.87. The van der Waals surface area contributed by atoms with E-state index < -0.39 is 6.04 Å². The number of carbonyl (C=O) groups is 1. The quantitative estimate of drug-likeness (QED) is 0.232. The number of aryl methyl sites for hydroxylation is 2. The predicted octanol–water partition coefficient (Wildman–Crippen LogP) is 6.14. The molecule has 10 heteroatoms. The Morgan fingerprint density at radius 3 is 2.59 bits per heavy atom. The second-order valence-corrected chi connectivity index (χ2v) is 11.7. The number of amides is 1. The largest absolute Gasteiger partial charge is 0.352 e. The van der Waals surface area contributed by atoms with Gasteiger partial charge in [-0.2, -0.15) is 0 Å². The number of thiophene rings is 1. The first-order chi connectivity index (χ1) is 18.7. The van der Waals surface area contributed by atoms with Gasteiger partial charge in [0.05, 0.1) is 18.0 Å². The van der Waals surface area contributed by atoms with E-state index in [-0.39, 0.29) is 12.3 Å². The molecule has 2 aliphatic rings. The van der Waals surface area contributed by atoms with E-state index in [1.165, 1.54) is 10.4 Å². The summed E-state index contributed by atoms with van der Waals surface area (Å²) in [6.07, 6.45) is 0.116. The number of halogens is 1. The fraction of sp³-hybridized carbons (Fsp3) is 0.276. The van der Waals surface area contributed by atoms with Crippen molar-refractivity contribution in [3.8, 4) is 5.00 Å². The number of amidine groups is 1. The van der Waals surface area contributed by atoms with Crippen LogP contribution in [0.1, 0.15) is 63.7 Å². The topological polar surface area (TPSA) is 99.3 Å². The third-order valence-electron chi connectivity index (χ3n) is 7.42. The molecule has 0 radical (unpaired) electrons. The lowest BCUT2D eigenvalue weighted by Crippen LogP contribution is -2.21. The maximum Gasteiger partial charge on any atom is 0.227 e. The van der Waals surface area contributed by atoms with E-state index in [0.29, 0.717) is 23.2 Å². The molecular formula is C29H28ClN7OS. The fourth-order valence-electron chi connectivity index (χ4n) is 5.23. The molecule has 0 aliphatic carbocycles. The number of aromatic nitrogens is 3. The molecule has 0 saturated heterocycles. The van der Waals surface area contributed by atoms with Crippen LogP contribution >= 0.6 is 22.9 Å². The molecule has 6 rings (SSSR count). The van der Waals surface area contributed by atoms with Crippen molar-refractivity contribution in [1.82, 2.24) is 19.7 Å². The van der Waals surface area contributed by atoms with Crippen molar-refractivity contribution < 1.29 is 4.79 Å². The van der Waals surface area contributed by atoms with E-state index in [2.05, 4.69) is 29.4 Å². The minimum absolute atomic E-state index is 0.116. The molecule has 2 N–H and O–H groups in total. The Kier molecular flexibility index (Phi) is 6.35. The molecule has 39 heavy (non-hydrogen) atoms. The van der Waals surface area contributed by atoms with E-state index in [0.717, 1.165) is 51.0 Å². The molecule has 1 atom stereocenters. The minimum Gasteiger partial charge on any atom is -0.352 e. The average Bonchev–Trinajstić information content (AvgIpc) is 3.55. The number of nitrogens with zero attached hydrogens (tertiary/aromatic N) is 5. The second kappa shape index (κ2) is 9.73. The van der Waals surface area contributed by atoms with Gasteiger partial charge in [-0.25, -0.2) is 0 Å². The van der Waals surface area contributed by atoms with Gasteiger partial charge < -0.3 is 10.2 Å². The van der Waals surface area contributed by atoms with E-state index in [9.17, 15) is 4.79 Å². The molecule has 198 valence electrons. The summed E-state index contributed by atoms with van der Waals surface area (Å²) >= 11 is 7.89. The Morgan fingerprint density at radius 1 is 1.10 bits per heavy atom. The first-order valence-electron chi connectivity index (χ1n) is 12.8. The van der Waals surface area contributed by atoms with Crippen molar-refractivity contribution in [2.75, 3.05) is 5.32 Å². The van der Waals surface area contributed by atoms with E-state index in [1.54, 1.807) is 18.3 Å². The molecule has 0 saturated carbocycles. The van der Waals surface area contributed by atoms with Crippen molar-refractivity contribution in [3.63, 3.8) is 0 Å². The maximum atomic E-state index is 13.4. The van der Waals surface area contributed by atoms with Crippen LogP contribution < -0.4 is 5.32 Å². The van der Waals surface area contributed by atoms with Crippen molar-refractivity contribution >= 4 is 46.1 Å². The molecule has 1 amide bonds. The molecule has 0 bridgehead atoms. The zero-order valence-electron chi connectivity index (χ0n) is 22.2. The normalized spacial score (nSPS) is 15.8. The molecule has 0 fully saturated rings.